The van der Waals surface area contributed by atoms with E-state index in [1.54, 1.807) is 0 Å². The van der Waals surface area contributed by atoms with E-state index < -0.39 is 0 Å². The summed E-state index contributed by atoms with van der Waals surface area (Å²) in [4.78, 5) is 11.0. The fraction of sp³-hybridized carbons (Fsp3) is 0.545. The van der Waals surface area contributed by atoms with Crippen molar-refractivity contribution in [3.8, 4) is 0 Å². The Morgan fingerprint density at radius 1 is 1.67 bits per heavy atom. The van der Waals surface area contributed by atoms with Crippen LogP contribution in [0.15, 0.2) is 18.5 Å². The summed E-state index contributed by atoms with van der Waals surface area (Å²) < 4.78 is 2.15. The molecular formula is C11H17N3O. The van der Waals surface area contributed by atoms with E-state index >= 15 is 0 Å². The molecule has 1 aromatic heterocycles. The lowest BCUT2D eigenvalue weighted by atomic mass is 10.2. The highest BCUT2D eigenvalue weighted by Crippen LogP contribution is 2.04. The fourth-order valence-electron chi connectivity index (χ4n) is 1.80. The first-order valence-electron chi connectivity index (χ1n) is 5.42. The summed E-state index contributed by atoms with van der Waals surface area (Å²) >= 11 is 0. The van der Waals surface area contributed by atoms with Crippen LogP contribution in [0.3, 0.4) is 0 Å². The first kappa shape index (κ1) is 10.2. The first-order chi connectivity index (χ1) is 7.28. The van der Waals surface area contributed by atoms with Crippen molar-refractivity contribution in [3.63, 3.8) is 0 Å². The summed E-state index contributed by atoms with van der Waals surface area (Å²) in [5.41, 5.74) is 1.27. The van der Waals surface area contributed by atoms with Gasteiger partial charge in [-0.25, -0.2) is 0 Å². The molecule has 0 bridgehead atoms. The average molecular weight is 207 g/mol. The van der Waals surface area contributed by atoms with Crippen molar-refractivity contribution >= 4 is 5.91 Å². The summed E-state index contributed by atoms with van der Waals surface area (Å²) in [6, 6.07) is 2.41. The number of nitrogens with one attached hydrogen (secondary N) is 2. The van der Waals surface area contributed by atoms with Gasteiger partial charge in [-0.05, 0) is 18.6 Å². The Labute approximate surface area is 89.7 Å². The molecular weight excluding hydrogens is 190 g/mol. The molecule has 4 nitrogen and oxygen atoms in total. The zero-order valence-corrected chi connectivity index (χ0v) is 8.99. The van der Waals surface area contributed by atoms with Gasteiger partial charge in [0.05, 0.1) is 0 Å². The normalized spacial score (nSPS) is 20.6. The predicted molar refractivity (Wildman–Crippen MR) is 58.4 cm³/mol. The molecule has 1 aromatic rings. The number of carbonyl (C=O) groups is 1. The van der Waals surface area contributed by atoms with Crippen molar-refractivity contribution in [3.05, 3.63) is 24.0 Å². The minimum absolute atomic E-state index is 0.152. The van der Waals surface area contributed by atoms with Crippen LogP contribution < -0.4 is 10.6 Å². The van der Waals surface area contributed by atoms with Crippen molar-refractivity contribution in [2.75, 3.05) is 6.54 Å². The van der Waals surface area contributed by atoms with E-state index in [0.29, 0.717) is 12.5 Å². The lowest BCUT2D eigenvalue weighted by Crippen LogP contribution is -2.30. The van der Waals surface area contributed by atoms with Gasteiger partial charge in [0.2, 0.25) is 5.91 Å². The molecule has 2 N–H and O–H groups in total. The van der Waals surface area contributed by atoms with Crippen LogP contribution in [0.4, 0.5) is 0 Å². The fourth-order valence-corrected chi connectivity index (χ4v) is 1.80. The molecule has 1 amide bonds. The SMILES string of the molecule is CCn1ccc(CNC2CNC(=O)C2)c1. The molecule has 82 valence electrons. The maximum Gasteiger partial charge on any atom is 0.221 e. The van der Waals surface area contributed by atoms with Crippen LogP contribution in [-0.4, -0.2) is 23.1 Å². The van der Waals surface area contributed by atoms with Gasteiger partial charge < -0.3 is 15.2 Å². The van der Waals surface area contributed by atoms with Crippen LogP contribution in [0, 0.1) is 0 Å². The largest absolute Gasteiger partial charge is 0.354 e. The Morgan fingerprint density at radius 2 is 2.53 bits per heavy atom. The van der Waals surface area contributed by atoms with Crippen molar-refractivity contribution < 1.29 is 4.79 Å². The lowest BCUT2D eigenvalue weighted by molar-refractivity contribution is -0.119. The lowest BCUT2D eigenvalue weighted by Gasteiger charge is -2.08. The molecule has 1 aliphatic heterocycles. The Hall–Kier alpha value is -1.29. The van der Waals surface area contributed by atoms with Crippen LogP contribution in [0.1, 0.15) is 18.9 Å². The smallest absolute Gasteiger partial charge is 0.221 e. The zero-order valence-electron chi connectivity index (χ0n) is 8.99. The summed E-state index contributed by atoms with van der Waals surface area (Å²) in [5.74, 6) is 0.152. The second kappa shape index (κ2) is 4.49. The molecule has 15 heavy (non-hydrogen) atoms. The van der Waals surface area contributed by atoms with Crippen LogP contribution in [-0.2, 0) is 17.9 Å². The van der Waals surface area contributed by atoms with Gasteiger partial charge in [0, 0.05) is 44.5 Å². The maximum atomic E-state index is 11.0. The second-order valence-corrected chi connectivity index (χ2v) is 3.94. The first-order valence-corrected chi connectivity index (χ1v) is 5.42. The molecule has 1 fully saturated rings. The zero-order chi connectivity index (χ0) is 10.7. The quantitative estimate of drug-likeness (QED) is 0.754. The number of hydrogen-bond acceptors (Lipinski definition) is 2. The second-order valence-electron chi connectivity index (χ2n) is 3.94. The molecule has 0 saturated carbocycles. The van der Waals surface area contributed by atoms with Gasteiger partial charge in [0.15, 0.2) is 0 Å². The molecule has 4 heteroatoms. The van der Waals surface area contributed by atoms with Gasteiger partial charge in [0.25, 0.3) is 0 Å². The van der Waals surface area contributed by atoms with Crippen molar-refractivity contribution in [2.45, 2.75) is 32.5 Å². The standard InChI is InChI=1S/C11H17N3O/c1-2-14-4-3-9(8-14)6-12-10-5-11(15)13-7-10/h3-4,8,10,12H,2,5-7H2,1H3,(H,13,15). The topological polar surface area (TPSA) is 46.1 Å². The molecule has 1 atom stereocenters. The number of aryl methyl sites for hydroxylation is 1. The van der Waals surface area contributed by atoms with E-state index in [9.17, 15) is 4.79 Å². The number of rotatable bonds is 4. The highest BCUT2D eigenvalue weighted by molar-refractivity contribution is 5.78. The Bertz CT molecular complexity index is 345. The van der Waals surface area contributed by atoms with Crippen molar-refractivity contribution in [2.24, 2.45) is 0 Å². The summed E-state index contributed by atoms with van der Waals surface area (Å²) in [7, 11) is 0. The number of aromatic nitrogens is 1. The Balaban J connectivity index is 1.80. The molecule has 1 saturated heterocycles. The van der Waals surface area contributed by atoms with Gasteiger partial charge in [0.1, 0.15) is 0 Å². The third-order valence-electron chi connectivity index (χ3n) is 2.75. The predicted octanol–water partition coefficient (Wildman–Crippen LogP) is 0.486. The summed E-state index contributed by atoms with van der Waals surface area (Å²) in [5, 5.41) is 6.18. The average Bonchev–Trinajstić information content (AvgIpc) is 2.83. The number of carbonyl (C=O) groups excluding carboxylic acids is 1. The van der Waals surface area contributed by atoms with Crippen LogP contribution in [0.5, 0.6) is 0 Å². The molecule has 0 radical (unpaired) electrons. The van der Waals surface area contributed by atoms with Gasteiger partial charge in [-0.15, -0.1) is 0 Å². The van der Waals surface area contributed by atoms with E-state index in [4.69, 9.17) is 0 Å². The summed E-state index contributed by atoms with van der Waals surface area (Å²) in [6.45, 7) is 4.72. The van der Waals surface area contributed by atoms with E-state index in [1.807, 2.05) is 0 Å². The monoisotopic (exact) mass is 207 g/mol. The van der Waals surface area contributed by atoms with Crippen LogP contribution in [0.2, 0.25) is 0 Å². The molecule has 2 heterocycles. The van der Waals surface area contributed by atoms with E-state index in [0.717, 1.165) is 19.6 Å². The maximum absolute atomic E-state index is 11.0. The number of nitrogens with zero attached hydrogens (tertiary/aromatic N) is 1. The molecule has 0 aromatic carbocycles. The van der Waals surface area contributed by atoms with E-state index in [-0.39, 0.29) is 5.91 Å². The third kappa shape index (κ3) is 2.59. The van der Waals surface area contributed by atoms with Gasteiger partial charge in [-0.1, -0.05) is 0 Å². The highest BCUT2D eigenvalue weighted by Gasteiger charge is 2.20. The minimum atomic E-state index is 0.152. The molecule has 1 aliphatic rings. The van der Waals surface area contributed by atoms with Crippen molar-refractivity contribution in [1.82, 2.24) is 15.2 Å². The van der Waals surface area contributed by atoms with Gasteiger partial charge in [-0.2, -0.15) is 0 Å². The van der Waals surface area contributed by atoms with Crippen molar-refractivity contribution in [1.29, 1.82) is 0 Å². The Morgan fingerprint density at radius 3 is 3.13 bits per heavy atom. The molecule has 1 unspecified atom stereocenters. The third-order valence-corrected chi connectivity index (χ3v) is 2.75. The molecule has 0 spiro atoms. The molecule has 0 aliphatic carbocycles. The van der Waals surface area contributed by atoms with E-state index in [2.05, 4.69) is 40.6 Å². The number of hydrogen-bond donors (Lipinski definition) is 2. The minimum Gasteiger partial charge on any atom is -0.354 e. The summed E-state index contributed by atoms with van der Waals surface area (Å²) in [6.07, 6.45) is 4.82. The number of amides is 1. The highest BCUT2D eigenvalue weighted by atomic mass is 16.1. The van der Waals surface area contributed by atoms with Gasteiger partial charge >= 0.3 is 0 Å². The molecule has 2 rings (SSSR count). The van der Waals surface area contributed by atoms with E-state index in [1.165, 1.54) is 5.56 Å². The Kier molecular flexibility index (Phi) is 3.06. The van der Waals surface area contributed by atoms with Crippen LogP contribution in [0.25, 0.3) is 0 Å². The van der Waals surface area contributed by atoms with Gasteiger partial charge in [-0.3, -0.25) is 4.79 Å². The van der Waals surface area contributed by atoms with Crippen LogP contribution >= 0.6 is 0 Å².